The molecule has 72 valence electrons. The standard InChI is InChI=1S/C7H10N2.C2H4O2/c1-5-4-8-6(2)7(3)9-5;1-2(3)4/h4H,1-3H3;1H3,(H,3,4). The lowest BCUT2D eigenvalue weighted by atomic mass is 10.3. The van der Waals surface area contributed by atoms with Crippen LogP contribution in [0, 0.1) is 20.8 Å². The highest BCUT2D eigenvalue weighted by Crippen LogP contribution is 1.98. The van der Waals surface area contributed by atoms with E-state index in [9.17, 15) is 0 Å². The fourth-order valence-corrected chi connectivity index (χ4v) is 0.658. The van der Waals surface area contributed by atoms with E-state index in [1.54, 1.807) is 6.20 Å². The fraction of sp³-hybridized carbons (Fsp3) is 0.444. The van der Waals surface area contributed by atoms with Gasteiger partial charge in [0.05, 0.1) is 17.1 Å². The first-order chi connectivity index (χ1) is 5.93. The van der Waals surface area contributed by atoms with Crippen LogP contribution in [0.5, 0.6) is 0 Å². The quantitative estimate of drug-likeness (QED) is 0.660. The van der Waals surface area contributed by atoms with Gasteiger partial charge in [0.25, 0.3) is 5.97 Å². The van der Waals surface area contributed by atoms with E-state index in [0.717, 1.165) is 24.0 Å². The average molecular weight is 182 g/mol. The Morgan fingerprint density at radius 3 is 2.08 bits per heavy atom. The van der Waals surface area contributed by atoms with Crippen molar-refractivity contribution in [3.63, 3.8) is 0 Å². The minimum atomic E-state index is -0.833. The number of carbonyl (C=O) groups is 1. The molecule has 4 heteroatoms. The zero-order valence-corrected chi connectivity index (χ0v) is 8.33. The van der Waals surface area contributed by atoms with E-state index >= 15 is 0 Å². The van der Waals surface area contributed by atoms with Gasteiger partial charge in [-0.3, -0.25) is 14.8 Å². The minimum Gasteiger partial charge on any atom is -0.481 e. The first-order valence-corrected chi connectivity index (χ1v) is 3.90. The Balaban J connectivity index is 0.000000310. The van der Waals surface area contributed by atoms with E-state index in [1.165, 1.54) is 0 Å². The van der Waals surface area contributed by atoms with Crippen molar-refractivity contribution >= 4 is 5.97 Å². The van der Waals surface area contributed by atoms with E-state index in [4.69, 9.17) is 9.90 Å². The topological polar surface area (TPSA) is 63.1 Å². The lowest BCUT2D eigenvalue weighted by molar-refractivity contribution is -0.134. The lowest BCUT2D eigenvalue weighted by Gasteiger charge is -1.96. The van der Waals surface area contributed by atoms with E-state index in [2.05, 4.69) is 9.97 Å². The molecule has 0 aliphatic carbocycles. The number of nitrogens with zero attached hydrogens (tertiary/aromatic N) is 2. The molecule has 0 amide bonds. The first kappa shape index (κ1) is 11.6. The molecule has 1 rings (SSSR count). The number of carboxylic acid groups (broad SMARTS) is 1. The van der Waals surface area contributed by atoms with Gasteiger partial charge in [-0.15, -0.1) is 0 Å². The fourth-order valence-electron chi connectivity index (χ4n) is 0.658. The van der Waals surface area contributed by atoms with Crippen molar-refractivity contribution in [3.05, 3.63) is 23.3 Å². The number of aliphatic carboxylic acids is 1. The van der Waals surface area contributed by atoms with Gasteiger partial charge in [0.1, 0.15) is 0 Å². The molecule has 0 radical (unpaired) electrons. The second-order valence-electron chi connectivity index (χ2n) is 2.70. The Morgan fingerprint density at radius 2 is 1.77 bits per heavy atom. The van der Waals surface area contributed by atoms with Crippen molar-refractivity contribution in [1.29, 1.82) is 0 Å². The molecule has 0 bridgehead atoms. The van der Waals surface area contributed by atoms with Crippen LogP contribution in [-0.4, -0.2) is 21.0 Å². The summed E-state index contributed by atoms with van der Waals surface area (Å²) < 4.78 is 0. The second kappa shape index (κ2) is 5.24. The smallest absolute Gasteiger partial charge is 0.300 e. The van der Waals surface area contributed by atoms with Crippen LogP contribution in [0.4, 0.5) is 0 Å². The molecule has 1 aromatic rings. The van der Waals surface area contributed by atoms with E-state index < -0.39 is 5.97 Å². The Bertz CT molecular complexity index is 294. The summed E-state index contributed by atoms with van der Waals surface area (Å²) >= 11 is 0. The largest absolute Gasteiger partial charge is 0.481 e. The summed E-state index contributed by atoms with van der Waals surface area (Å²) in [5, 5.41) is 7.42. The van der Waals surface area contributed by atoms with Crippen molar-refractivity contribution < 1.29 is 9.90 Å². The van der Waals surface area contributed by atoms with Crippen LogP contribution in [0.15, 0.2) is 6.20 Å². The van der Waals surface area contributed by atoms with Crippen molar-refractivity contribution in [2.45, 2.75) is 27.7 Å². The van der Waals surface area contributed by atoms with Crippen molar-refractivity contribution in [3.8, 4) is 0 Å². The average Bonchev–Trinajstić information content (AvgIpc) is 1.96. The molecule has 0 saturated heterocycles. The highest BCUT2D eigenvalue weighted by molar-refractivity contribution is 5.62. The predicted molar refractivity (Wildman–Crippen MR) is 49.6 cm³/mol. The molecule has 0 unspecified atom stereocenters. The lowest BCUT2D eigenvalue weighted by Crippen LogP contribution is -1.92. The summed E-state index contributed by atoms with van der Waals surface area (Å²) in [4.78, 5) is 17.3. The summed E-state index contributed by atoms with van der Waals surface area (Å²) in [7, 11) is 0. The second-order valence-corrected chi connectivity index (χ2v) is 2.70. The maximum Gasteiger partial charge on any atom is 0.300 e. The van der Waals surface area contributed by atoms with Gasteiger partial charge in [-0.05, 0) is 20.8 Å². The number of aryl methyl sites for hydroxylation is 3. The van der Waals surface area contributed by atoms with Gasteiger partial charge in [0.2, 0.25) is 0 Å². The Morgan fingerprint density at radius 1 is 1.31 bits per heavy atom. The van der Waals surface area contributed by atoms with Crippen molar-refractivity contribution in [2.24, 2.45) is 0 Å². The normalized spacial score (nSPS) is 8.62. The molecule has 0 aromatic carbocycles. The van der Waals surface area contributed by atoms with Gasteiger partial charge in [0, 0.05) is 13.1 Å². The summed E-state index contributed by atoms with van der Waals surface area (Å²) in [6, 6.07) is 0. The molecule has 0 saturated carbocycles. The summed E-state index contributed by atoms with van der Waals surface area (Å²) in [5.41, 5.74) is 3.02. The molecule has 4 nitrogen and oxygen atoms in total. The number of rotatable bonds is 0. The Kier molecular flexibility index (Phi) is 4.66. The van der Waals surface area contributed by atoms with Gasteiger partial charge in [0.15, 0.2) is 0 Å². The molecular weight excluding hydrogens is 168 g/mol. The zero-order valence-electron chi connectivity index (χ0n) is 8.33. The number of hydrogen-bond donors (Lipinski definition) is 1. The Labute approximate surface area is 77.7 Å². The van der Waals surface area contributed by atoms with Gasteiger partial charge >= 0.3 is 0 Å². The van der Waals surface area contributed by atoms with E-state index in [1.807, 2.05) is 20.8 Å². The third-order valence-electron chi connectivity index (χ3n) is 1.31. The molecule has 1 heterocycles. The maximum atomic E-state index is 9.00. The predicted octanol–water partition coefficient (Wildman–Crippen LogP) is 1.49. The van der Waals surface area contributed by atoms with Gasteiger partial charge in [-0.2, -0.15) is 0 Å². The number of carboxylic acids is 1. The van der Waals surface area contributed by atoms with Crippen LogP contribution in [-0.2, 0) is 4.79 Å². The van der Waals surface area contributed by atoms with Gasteiger partial charge in [-0.1, -0.05) is 0 Å². The molecule has 0 fully saturated rings. The monoisotopic (exact) mass is 182 g/mol. The minimum absolute atomic E-state index is 0.833. The van der Waals surface area contributed by atoms with Crippen LogP contribution in [0.25, 0.3) is 0 Å². The highest BCUT2D eigenvalue weighted by atomic mass is 16.4. The van der Waals surface area contributed by atoms with Crippen LogP contribution < -0.4 is 0 Å². The van der Waals surface area contributed by atoms with Gasteiger partial charge in [-0.25, -0.2) is 0 Å². The van der Waals surface area contributed by atoms with E-state index in [-0.39, 0.29) is 0 Å². The Hall–Kier alpha value is -1.45. The molecule has 1 N–H and O–H groups in total. The summed E-state index contributed by atoms with van der Waals surface area (Å²) in [5.74, 6) is -0.833. The summed E-state index contributed by atoms with van der Waals surface area (Å²) in [6.45, 7) is 6.95. The molecule has 0 atom stereocenters. The third-order valence-corrected chi connectivity index (χ3v) is 1.31. The van der Waals surface area contributed by atoms with Crippen LogP contribution >= 0.6 is 0 Å². The number of aromatic nitrogens is 2. The molecule has 0 spiro atoms. The molecule has 0 aliphatic rings. The van der Waals surface area contributed by atoms with E-state index in [0.29, 0.717) is 0 Å². The molecule has 1 aromatic heterocycles. The summed E-state index contributed by atoms with van der Waals surface area (Å²) in [6.07, 6.45) is 1.78. The van der Waals surface area contributed by atoms with Crippen LogP contribution in [0.1, 0.15) is 24.0 Å². The maximum absolute atomic E-state index is 9.00. The third kappa shape index (κ3) is 5.78. The van der Waals surface area contributed by atoms with Crippen LogP contribution in [0.2, 0.25) is 0 Å². The van der Waals surface area contributed by atoms with Crippen molar-refractivity contribution in [2.75, 3.05) is 0 Å². The van der Waals surface area contributed by atoms with Gasteiger partial charge < -0.3 is 5.11 Å². The molecule has 13 heavy (non-hydrogen) atoms. The van der Waals surface area contributed by atoms with Crippen molar-refractivity contribution in [1.82, 2.24) is 9.97 Å². The molecule has 0 aliphatic heterocycles. The zero-order chi connectivity index (χ0) is 10.4. The van der Waals surface area contributed by atoms with Crippen LogP contribution in [0.3, 0.4) is 0 Å². The highest BCUT2D eigenvalue weighted by Gasteiger charge is 1.92. The first-order valence-electron chi connectivity index (χ1n) is 3.90. The number of hydrogen-bond acceptors (Lipinski definition) is 3. The molecular formula is C9H14N2O2. The SMILES string of the molecule is CC(=O)O.Cc1cnc(C)c(C)n1.